The molecule has 3 aromatic rings. The van der Waals surface area contributed by atoms with Crippen LogP contribution in [0.15, 0.2) is 65.8 Å². The predicted octanol–water partition coefficient (Wildman–Crippen LogP) is 4.73. The number of anilines is 1. The van der Waals surface area contributed by atoms with Crippen molar-refractivity contribution in [3.05, 3.63) is 86.8 Å². The first-order valence-corrected chi connectivity index (χ1v) is 9.75. The zero-order valence-corrected chi connectivity index (χ0v) is 16.4. The van der Waals surface area contributed by atoms with Gasteiger partial charge in [0.2, 0.25) is 0 Å². The summed E-state index contributed by atoms with van der Waals surface area (Å²) in [6.07, 6.45) is 3.04. The van der Waals surface area contributed by atoms with Gasteiger partial charge in [-0.1, -0.05) is 23.7 Å². The van der Waals surface area contributed by atoms with Crippen molar-refractivity contribution >= 4 is 46.1 Å². The van der Waals surface area contributed by atoms with E-state index in [1.54, 1.807) is 30.3 Å². The molecule has 0 bridgehead atoms. The Hall–Kier alpha value is -2.96. The zero-order chi connectivity index (χ0) is 19.8. The smallest absolute Gasteiger partial charge is 0.300 e. The Morgan fingerprint density at radius 2 is 1.93 bits per heavy atom. The van der Waals surface area contributed by atoms with E-state index >= 15 is 0 Å². The van der Waals surface area contributed by atoms with E-state index in [1.807, 2.05) is 24.4 Å². The van der Waals surface area contributed by atoms with E-state index in [0.717, 1.165) is 10.4 Å². The maximum atomic E-state index is 13.0. The largest absolute Gasteiger partial charge is 0.507 e. The maximum absolute atomic E-state index is 13.0. The summed E-state index contributed by atoms with van der Waals surface area (Å²) in [6, 6.07) is 11.3. The molecule has 1 aliphatic rings. The number of aliphatic hydroxyl groups excluding tert-OH is 1. The molecule has 0 saturated carbocycles. The first kappa shape index (κ1) is 18.4. The molecule has 1 atom stereocenters. The minimum absolute atomic E-state index is 0.0537. The van der Waals surface area contributed by atoms with Gasteiger partial charge in [-0.25, -0.2) is 0 Å². The molecule has 1 unspecified atom stereocenters. The summed E-state index contributed by atoms with van der Waals surface area (Å²) >= 11 is 7.57. The second-order valence-electron chi connectivity index (χ2n) is 6.35. The van der Waals surface area contributed by atoms with Crippen LogP contribution >= 0.6 is 22.9 Å². The normalized spacial score (nSPS) is 18.6. The lowest BCUT2D eigenvalue weighted by Crippen LogP contribution is -2.29. The fourth-order valence-corrected chi connectivity index (χ4v) is 4.29. The molecule has 5 nitrogen and oxygen atoms in total. The number of aromatic nitrogens is 1. The minimum atomic E-state index is -0.731. The van der Waals surface area contributed by atoms with Crippen LogP contribution in [0.5, 0.6) is 0 Å². The average Bonchev–Trinajstić information content (AvgIpc) is 3.31. The van der Waals surface area contributed by atoms with Crippen molar-refractivity contribution in [1.29, 1.82) is 0 Å². The van der Waals surface area contributed by atoms with Crippen molar-refractivity contribution in [2.75, 3.05) is 4.90 Å². The molecule has 1 fully saturated rings. The topological polar surface area (TPSA) is 70.5 Å². The number of halogens is 1. The lowest BCUT2D eigenvalue weighted by molar-refractivity contribution is -0.132. The van der Waals surface area contributed by atoms with Gasteiger partial charge in [-0.15, -0.1) is 11.3 Å². The lowest BCUT2D eigenvalue weighted by Gasteiger charge is -2.25. The van der Waals surface area contributed by atoms with Crippen molar-refractivity contribution < 1.29 is 14.7 Å². The molecule has 28 heavy (non-hydrogen) atoms. The molecule has 140 valence electrons. The van der Waals surface area contributed by atoms with Gasteiger partial charge < -0.3 is 5.11 Å². The summed E-state index contributed by atoms with van der Waals surface area (Å²) in [7, 11) is 0. The Bertz CT molecular complexity index is 1090. The Kier molecular flexibility index (Phi) is 4.75. The van der Waals surface area contributed by atoms with Crippen LogP contribution in [0.3, 0.4) is 0 Å². The number of benzene rings is 1. The zero-order valence-electron chi connectivity index (χ0n) is 14.8. The number of Topliss-reactive ketones (excluding diaryl/α,β-unsaturated/α-hetero) is 1. The number of rotatable bonds is 3. The Morgan fingerprint density at radius 3 is 2.61 bits per heavy atom. The third-order valence-electron chi connectivity index (χ3n) is 4.64. The molecule has 3 heterocycles. The van der Waals surface area contributed by atoms with Crippen molar-refractivity contribution in [3.8, 4) is 0 Å². The third-order valence-corrected chi connectivity index (χ3v) is 5.80. The second kappa shape index (κ2) is 7.22. The predicted molar refractivity (Wildman–Crippen MR) is 110 cm³/mol. The van der Waals surface area contributed by atoms with Crippen LogP contribution in [0.1, 0.15) is 22.0 Å². The quantitative estimate of drug-likeness (QED) is 0.385. The first-order valence-electron chi connectivity index (χ1n) is 8.50. The number of pyridine rings is 1. The number of thiophene rings is 1. The van der Waals surface area contributed by atoms with Gasteiger partial charge in [0.25, 0.3) is 11.7 Å². The number of aliphatic hydroxyl groups is 1. The number of hydrogen-bond acceptors (Lipinski definition) is 5. The number of hydrogen-bond donors (Lipinski definition) is 1. The standard InChI is InChI=1S/C21H15ClN2O3S/c1-12-4-5-14(22)11-15(12)24-18(16-3-2-10-28-16)17(20(26)21(24)27)19(25)13-6-8-23-9-7-13/h2-11,18,25H,1H3/b19-17-. The van der Waals surface area contributed by atoms with Gasteiger partial charge in [-0.2, -0.15) is 0 Å². The molecular weight excluding hydrogens is 396 g/mol. The van der Waals surface area contributed by atoms with Crippen LogP contribution in [0.2, 0.25) is 5.02 Å². The Labute approximate surface area is 170 Å². The van der Waals surface area contributed by atoms with Gasteiger partial charge in [0.15, 0.2) is 0 Å². The molecule has 1 aliphatic heterocycles. The molecular formula is C21H15ClN2O3S. The van der Waals surface area contributed by atoms with Crippen molar-refractivity contribution in [1.82, 2.24) is 4.98 Å². The highest BCUT2D eigenvalue weighted by Crippen LogP contribution is 2.44. The van der Waals surface area contributed by atoms with E-state index in [2.05, 4.69) is 4.98 Å². The van der Waals surface area contributed by atoms with Gasteiger partial charge in [-0.3, -0.25) is 19.5 Å². The van der Waals surface area contributed by atoms with Crippen molar-refractivity contribution in [2.24, 2.45) is 0 Å². The number of aryl methyl sites for hydroxylation is 1. The molecule has 1 N–H and O–H groups in total. The van der Waals surface area contributed by atoms with Crippen LogP contribution in [-0.4, -0.2) is 21.8 Å². The summed E-state index contributed by atoms with van der Waals surface area (Å²) in [5.74, 6) is -1.65. The fraction of sp³-hybridized carbons (Fsp3) is 0.0952. The lowest BCUT2D eigenvalue weighted by atomic mass is 10.00. The molecule has 7 heteroatoms. The van der Waals surface area contributed by atoms with Crippen LogP contribution in [0, 0.1) is 6.92 Å². The summed E-state index contributed by atoms with van der Waals surface area (Å²) < 4.78 is 0. The van der Waals surface area contributed by atoms with Crippen molar-refractivity contribution in [3.63, 3.8) is 0 Å². The highest BCUT2D eigenvalue weighted by atomic mass is 35.5. The first-order chi connectivity index (χ1) is 13.5. The molecule has 0 aliphatic carbocycles. The van der Waals surface area contributed by atoms with Gasteiger partial charge in [0.1, 0.15) is 11.8 Å². The molecule has 1 aromatic carbocycles. The molecule has 1 amide bonds. The second-order valence-corrected chi connectivity index (χ2v) is 7.77. The molecule has 2 aromatic heterocycles. The molecule has 0 spiro atoms. The summed E-state index contributed by atoms with van der Waals surface area (Å²) in [5.41, 5.74) is 1.83. The molecule has 1 saturated heterocycles. The minimum Gasteiger partial charge on any atom is -0.507 e. The van der Waals surface area contributed by atoms with Gasteiger partial charge in [-0.05, 0) is 48.2 Å². The summed E-state index contributed by atoms with van der Waals surface area (Å²) in [5, 5.41) is 13.2. The summed E-state index contributed by atoms with van der Waals surface area (Å²) in [6.45, 7) is 1.85. The van der Waals surface area contributed by atoms with Crippen LogP contribution in [0.4, 0.5) is 5.69 Å². The van der Waals surface area contributed by atoms with E-state index in [4.69, 9.17) is 11.6 Å². The fourth-order valence-electron chi connectivity index (χ4n) is 3.30. The SMILES string of the molecule is Cc1ccc(Cl)cc1N1C(=O)C(=O)/C(=C(\O)c2ccncc2)C1c1cccs1. The van der Waals surface area contributed by atoms with Crippen LogP contribution < -0.4 is 4.90 Å². The highest BCUT2D eigenvalue weighted by molar-refractivity contribution is 7.10. The molecule has 4 rings (SSSR count). The number of nitrogens with zero attached hydrogens (tertiary/aromatic N) is 2. The number of amides is 1. The number of carbonyl (C=O) groups excluding carboxylic acids is 2. The van der Waals surface area contributed by atoms with E-state index in [9.17, 15) is 14.7 Å². The van der Waals surface area contributed by atoms with Crippen molar-refractivity contribution in [2.45, 2.75) is 13.0 Å². The van der Waals surface area contributed by atoms with Crippen LogP contribution in [0.25, 0.3) is 5.76 Å². The average molecular weight is 411 g/mol. The Balaban J connectivity index is 1.97. The maximum Gasteiger partial charge on any atom is 0.300 e. The van der Waals surface area contributed by atoms with Gasteiger partial charge in [0.05, 0.1) is 5.57 Å². The third kappa shape index (κ3) is 3.00. The monoisotopic (exact) mass is 410 g/mol. The molecule has 0 radical (unpaired) electrons. The summed E-state index contributed by atoms with van der Waals surface area (Å²) in [4.78, 5) is 32.1. The van der Waals surface area contributed by atoms with E-state index < -0.39 is 17.7 Å². The van der Waals surface area contributed by atoms with E-state index in [1.165, 1.54) is 28.6 Å². The van der Waals surface area contributed by atoms with Gasteiger partial charge >= 0.3 is 0 Å². The number of carbonyl (C=O) groups is 2. The highest BCUT2D eigenvalue weighted by Gasteiger charge is 2.47. The Morgan fingerprint density at radius 1 is 1.18 bits per heavy atom. The van der Waals surface area contributed by atoms with E-state index in [0.29, 0.717) is 16.3 Å². The van der Waals surface area contributed by atoms with Gasteiger partial charge in [0, 0.05) is 33.5 Å². The number of ketones is 1. The van der Waals surface area contributed by atoms with Crippen LogP contribution in [-0.2, 0) is 9.59 Å². The van der Waals surface area contributed by atoms with E-state index in [-0.39, 0.29) is 11.3 Å².